The van der Waals surface area contributed by atoms with Gasteiger partial charge in [0, 0.05) is 37.0 Å². The Bertz CT molecular complexity index is 430. The monoisotopic (exact) mass is 235 g/mol. The Morgan fingerprint density at radius 2 is 2.19 bits per heavy atom. The predicted octanol–water partition coefficient (Wildman–Crippen LogP) is 2.26. The molecular weight excluding hydrogens is 222 g/mol. The van der Waals surface area contributed by atoms with Crippen molar-refractivity contribution >= 4 is 16.5 Å². The van der Waals surface area contributed by atoms with Crippen LogP contribution in [0.25, 0.3) is 11.3 Å². The van der Waals surface area contributed by atoms with Crippen LogP contribution in [0, 0.1) is 0 Å². The molecule has 84 valence electrons. The zero-order valence-corrected chi connectivity index (χ0v) is 9.83. The molecule has 0 spiro atoms. The Hall–Kier alpha value is -1.46. The molecule has 2 heterocycles. The summed E-state index contributed by atoms with van der Waals surface area (Å²) in [7, 11) is 1.69. The van der Waals surface area contributed by atoms with Gasteiger partial charge in [-0.25, -0.2) is 4.98 Å². The van der Waals surface area contributed by atoms with Crippen molar-refractivity contribution in [3.63, 3.8) is 0 Å². The molecular formula is C11H13N3OS. The van der Waals surface area contributed by atoms with Gasteiger partial charge in [-0.05, 0) is 12.1 Å². The van der Waals surface area contributed by atoms with Crippen LogP contribution in [-0.2, 0) is 4.74 Å². The van der Waals surface area contributed by atoms with E-state index in [1.54, 1.807) is 30.8 Å². The second-order valence-electron chi connectivity index (χ2n) is 3.19. The van der Waals surface area contributed by atoms with Gasteiger partial charge in [0.15, 0.2) is 5.13 Å². The van der Waals surface area contributed by atoms with Crippen molar-refractivity contribution < 1.29 is 4.74 Å². The fourth-order valence-electron chi connectivity index (χ4n) is 1.27. The highest BCUT2D eigenvalue weighted by atomic mass is 32.1. The quantitative estimate of drug-likeness (QED) is 0.807. The van der Waals surface area contributed by atoms with Crippen molar-refractivity contribution in [1.29, 1.82) is 0 Å². The average molecular weight is 235 g/mol. The minimum atomic E-state index is 0.685. The first-order valence-electron chi connectivity index (χ1n) is 4.99. The smallest absolute Gasteiger partial charge is 0.183 e. The summed E-state index contributed by atoms with van der Waals surface area (Å²) in [6, 6.07) is 3.90. The van der Waals surface area contributed by atoms with E-state index in [-0.39, 0.29) is 0 Å². The molecule has 0 saturated heterocycles. The van der Waals surface area contributed by atoms with E-state index in [0.717, 1.165) is 22.9 Å². The molecule has 1 N–H and O–H groups in total. The van der Waals surface area contributed by atoms with E-state index >= 15 is 0 Å². The van der Waals surface area contributed by atoms with Crippen molar-refractivity contribution in [2.75, 3.05) is 25.6 Å². The van der Waals surface area contributed by atoms with E-state index in [4.69, 9.17) is 4.74 Å². The Balaban J connectivity index is 2.02. The summed E-state index contributed by atoms with van der Waals surface area (Å²) in [6.45, 7) is 1.46. The second kappa shape index (κ2) is 5.58. The van der Waals surface area contributed by atoms with Crippen LogP contribution in [0.3, 0.4) is 0 Å². The molecule has 0 amide bonds. The maximum atomic E-state index is 4.96. The van der Waals surface area contributed by atoms with Crippen molar-refractivity contribution in [2.45, 2.75) is 0 Å². The van der Waals surface area contributed by atoms with Crippen LogP contribution in [0.5, 0.6) is 0 Å². The van der Waals surface area contributed by atoms with E-state index in [0.29, 0.717) is 6.61 Å². The molecule has 4 nitrogen and oxygen atoms in total. The number of hydrogen-bond donors (Lipinski definition) is 1. The summed E-state index contributed by atoms with van der Waals surface area (Å²) in [5.74, 6) is 0. The molecule has 0 bridgehead atoms. The largest absolute Gasteiger partial charge is 0.383 e. The molecule has 0 fully saturated rings. The van der Waals surface area contributed by atoms with E-state index in [2.05, 4.69) is 15.3 Å². The highest BCUT2D eigenvalue weighted by Gasteiger charge is 2.03. The lowest BCUT2D eigenvalue weighted by atomic mass is 10.2. The molecule has 5 heteroatoms. The van der Waals surface area contributed by atoms with Gasteiger partial charge in [-0.15, -0.1) is 11.3 Å². The summed E-state index contributed by atoms with van der Waals surface area (Å²) >= 11 is 1.60. The number of aromatic nitrogens is 2. The summed E-state index contributed by atoms with van der Waals surface area (Å²) in [5, 5.41) is 6.15. The van der Waals surface area contributed by atoms with Gasteiger partial charge in [0.25, 0.3) is 0 Å². The number of anilines is 1. The number of thiazole rings is 1. The summed E-state index contributed by atoms with van der Waals surface area (Å²) in [4.78, 5) is 8.46. The molecule has 0 atom stereocenters. The zero-order valence-electron chi connectivity index (χ0n) is 9.01. The normalized spacial score (nSPS) is 10.3. The molecule has 0 radical (unpaired) electrons. The van der Waals surface area contributed by atoms with Crippen molar-refractivity contribution in [3.8, 4) is 11.3 Å². The van der Waals surface area contributed by atoms with Gasteiger partial charge in [-0.3, -0.25) is 4.98 Å². The van der Waals surface area contributed by atoms with Crippen LogP contribution in [0.4, 0.5) is 5.13 Å². The first-order valence-corrected chi connectivity index (χ1v) is 5.87. The van der Waals surface area contributed by atoms with Crippen LogP contribution < -0.4 is 5.32 Å². The Morgan fingerprint density at radius 3 is 2.94 bits per heavy atom. The molecule has 2 aromatic rings. The minimum absolute atomic E-state index is 0.685. The third kappa shape index (κ3) is 2.77. The highest BCUT2D eigenvalue weighted by Crippen LogP contribution is 2.23. The van der Waals surface area contributed by atoms with E-state index in [9.17, 15) is 0 Å². The highest BCUT2D eigenvalue weighted by molar-refractivity contribution is 7.14. The Labute approximate surface area is 98.3 Å². The van der Waals surface area contributed by atoms with E-state index in [1.165, 1.54) is 0 Å². The fourth-order valence-corrected chi connectivity index (χ4v) is 2.02. The third-order valence-electron chi connectivity index (χ3n) is 2.06. The van der Waals surface area contributed by atoms with Gasteiger partial charge in [-0.1, -0.05) is 0 Å². The molecule has 16 heavy (non-hydrogen) atoms. The van der Waals surface area contributed by atoms with Gasteiger partial charge in [0.05, 0.1) is 12.3 Å². The van der Waals surface area contributed by atoms with Crippen LogP contribution in [-0.4, -0.2) is 30.2 Å². The second-order valence-corrected chi connectivity index (χ2v) is 4.05. The van der Waals surface area contributed by atoms with Crippen LogP contribution >= 0.6 is 11.3 Å². The zero-order chi connectivity index (χ0) is 11.2. The van der Waals surface area contributed by atoms with Gasteiger partial charge >= 0.3 is 0 Å². The maximum Gasteiger partial charge on any atom is 0.183 e. The lowest BCUT2D eigenvalue weighted by molar-refractivity contribution is 0.211. The Kier molecular flexibility index (Phi) is 3.85. The van der Waals surface area contributed by atoms with Crippen molar-refractivity contribution in [2.24, 2.45) is 0 Å². The molecule has 0 unspecified atom stereocenters. The molecule has 2 aromatic heterocycles. The molecule has 0 aromatic carbocycles. The van der Waals surface area contributed by atoms with Gasteiger partial charge in [-0.2, -0.15) is 0 Å². The first kappa shape index (κ1) is 11.0. The topological polar surface area (TPSA) is 47.0 Å². The van der Waals surface area contributed by atoms with Gasteiger partial charge in [0.1, 0.15) is 0 Å². The Morgan fingerprint density at radius 1 is 1.38 bits per heavy atom. The molecule has 0 saturated carbocycles. The van der Waals surface area contributed by atoms with Crippen molar-refractivity contribution in [3.05, 3.63) is 29.9 Å². The van der Waals surface area contributed by atoms with Gasteiger partial charge < -0.3 is 10.1 Å². The molecule has 0 aliphatic rings. The lowest BCUT2D eigenvalue weighted by Gasteiger charge is -2.00. The predicted molar refractivity (Wildman–Crippen MR) is 65.7 cm³/mol. The van der Waals surface area contributed by atoms with Gasteiger partial charge in [0.2, 0.25) is 0 Å². The maximum absolute atomic E-state index is 4.96. The molecule has 0 aliphatic carbocycles. The average Bonchev–Trinajstić information content (AvgIpc) is 2.79. The number of rotatable bonds is 5. The van der Waals surface area contributed by atoms with E-state index < -0.39 is 0 Å². The van der Waals surface area contributed by atoms with Crippen LogP contribution in [0.1, 0.15) is 0 Å². The summed E-state index contributed by atoms with van der Waals surface area (Å²) < 4.78 is 4.96. The summed E-state index contributed by atoms with van der Waals surface area (Å²) in [5.41, 5.74) is 2.07. The third-order valence-corrected chi connectivity index (χ3v) is 2.86. The minimum Gasteiger partial charge on any atom is -0.383 e. The number of methoxy groups -OCH3 is 1. The van der Waals surface area contributed by atoms with E-state index in [1.807, 2.05) is 17.5 Å². The number of pyridine rings is 1. The summed E-state index contributed by atoms with van der Waals surface area (Å²) in [6.07, 6.45) is 3.54. The first-order chi connectivity index (χ1) is 7.90. The van der Waals surface area contributed by atoms with Crippen LogP contribution in [0.15, 0.2) is 29.9 Å². The fraction of sp³-hybridized carbons (Fsp3) is 0.273. The number of ether oxygens (including phenoxy) is 1. The number of nitrogens with one attached hydrogen (secondary N) is 1. The van der Waals surface area contributed by atoms with Crippen LogP contribution in [0.2, 0.25) is 0 Å². The number of hydrogen-bond acceptors (Lipinski definition) is 5. The molecule has 2 rings (SSSR count). The SMILES string of the molecule is COCCNc1nc(-c2ccncc2)cs1. The lowest BCUT2D eigenvalue weighted by Crippen LogP contribution is -2.06. The molecule has 0 aliphatic heterocycles. The standard InChI is InChI=1S/C11H13N3OS/c1-15-7-6-13-11-14-10(8-16-11)9-2-4-12-5-3-9/h2-5,8H,6-7H2,1H3,(H,13,14). The van der Waals surface area contributed by atoms with Crippen molar-refractivity contribution in [1.82, 2.24) is 9.97 Å². The number of nitrogens with zero attached hydrogens (tertiary/aromatic N) is 2.